The summed E-state index contributed by atoms with van der Waals surface area (Å²) in [6, 6.07) is 5.78. The van der Waals surface area contributed by atoms with E-state index >= 15 is 0 Å². The number of hydrogen-bond acceptors (Lipinski definition) is 4. The monoisotopic (exact) mass is 363 g/mol. The summed E-state index contributed by atoms with van der Waals surface area (Å²) in [7, 11) is 0. The van der Waals surface area contributed by atoms with E-state index in [1.54, 1.807) is 16.6 Å². The van der Waals surface area contributed by atoms with E-state index in [1.807, 2.05) is 35.6 Å². The fourth-order valence-electron chi connectivity index (χ4n) is 3.91. The summed E-state index contributed by atoms with van der Waals surface area (Å²) in [6.07, 6.45) is 4.78. The van der Waals surface area contributed by atoms with E-state index in [0.29, 0.717) is 36.9 Å². The maximum Gasteiger partial charge on any atom is 0.274 e. The summed E-state index contributed by atoms with van der Waals surface area (Å²) >= 11 is 0. The maximum atomic E-state index is 13.0. The first-order valence-corrected chi connectivity index (χ1v) is 9.37. The molecular formula is C20H21N5O2. The van der Waals surface area contributed by atoms with Crippen molar-refractivity contribution in [1.29, 1.82) is 0 Å². The zero-order valence-corrected chi connectivity index (χ0v) is 15.5. The lowest BCUT2D eigenvalue weighted by atomic mass is 10.0. The number of carbonyl (C=O) groups excluding carboxylic acids is 1. The Morgan fingerprint density at radius 1 is 1.15 bits per heavy atom. The molecule has 0 bridgehead atoms. The van der Waals surface area contributed by atoms with E-state index in [4.69, 9.17) is 0 Å². The molecule has 1 amide bonds. The Morgan fingerprint density at radius 3 is 2.74 bits per heavy atom. The number of hydrogen-bond donors (Lipinski definition) is 0. The van der Waals surface area contributed by atoms with Crippen molar-refractivity contribution in [2.45, 2.75) is 45.7 Å². The average Bonchev–Trinajstić information content (AvgIpc) is 3.39. The van der Waals surface area contributed by atoms with Crippen LogP contribution in [0.4, 0.5) is 0 Å². The summed E-state index contributed by atoms with van der Waals surface area (Å²) in [5.41, 5.74) is 5.16. The largest absolute Gasteiger partial charge is 0.333 e. The first-order valence-electron chi connectivity index (χ1n) is 9.37. The van der Waals surface area contributed by atoms with Gasteiger partial charge in [-0.25, -0.2) is 9.50 Å². The van der Waals surface area contributed by atoms with Crippen LogP contribution in [0, 0.1) is 13.8 Å². The molecule has 0 radical (unpaired) electrons. The highest BCUT2D eigenvalue weighted by molar-refractivity contribution is 5.93. The van der Waals surface area contributed by atoms with Crippen molar-refractivity contribution in [3.8, 4) is 0 Å². The van der Waals surface area contributed by atoms with Crippen LogP contribution in [0.5, 0.6) is 0 Å². The van der Waals surface area contributed by atoms with Crippen molar-refractivity contribution in [2.75, 3.05) is 6.54 Å². The van der Waals surface area contributed by atoms with E-state index in [2.05, 4.69) is 10.1 Å². The number of aryl methyl sites for hydroxylation is 2. The van der Waals surface area contributed by atoms with Gasteiger partial charge in [-0.3, -0.25) is 9.59 Å². The molecule has 7 nitrogen and oxygen atoms in total. The molecule has 0 spiro atoms. The zero-order valence-electron chi connectivity index (χ0n) is 15.5. The molecule has 5 rings (SSSR count). The summed E-state index contributed by atoms with van der Waals surface area (Å²) in [4.78, 5) is 31.5. The highest BCUT2D eigenvalue weighted by Gasteiger charge is 2.28. The Balaban J connectivity index is 1.46. The van der Waals surface area contributed by atoms with Gasteiger partial charge >= 0.3 is 0 Å². The van der Waals surface area contributed by atoms with Crippen molar-refractivity contribution in [2.24, 2.45) is 0 Å². The van der Waals surface area contributed by atoms with Crippen LogP contribution in [-0.2, 0) is 13.0 Å². The van der Waals surface area contributed by atoms with Crippen LogP contribution >= 0.6 is 0 Å². The molecule has 3 aromatic heterocycles. The number of aromatic nitrogens is 4. The summed E-state index contributed by atoms with van der Waals surface area (Å²) in [5.74, 6) is -0.0904. The minimum Gasteiger partial charge on any atom is -0.333 e. The van der Waals surface area contributed by atoms with Gasteiger partial charge in [0.2, 0.25) is 0 Å². The highest BCUT2D eigenvalue weighted by Crippen LogP contribution is 2.34. The Hall–Kier alpha value is -2.96. The first-order chi connectivity index (χ1) is 13.0. The molecular weight excluding hydrogens is 342 g/mol. The third kappa shape index (κ3) is 2.74. The molecule has 0 unspecified atom stereocenters. The molecule has 7 heteroatoms. The quantitative estimate of drug-likeness (QED) is 0.698. The van der Waals surface area contributed by atoms with Crippen LogP contribution in [-0.4, -0.2) is 36.5 Å². The van der Waals surface area contributed by atoms with Crippen LogP contribution < -0.4 is 5.56 Å². The molecule has 4 heterocycles. The Kier molecular flexibility index (Phi) is 3.47. The van der Waals surface area contributed by atoms with Crippen molar-refractivity contribution >= 4 is 11.6 Å². The second-order valence-corrected chi connectivity index (χ2v) is 7.62. The molecule has 0 aromatic carbocycles. The van der Waals surface area contributed by atoms with E-state index in [9.17, 15) is 9.59 Å². The Labute approximate surface area is 156 Å². The minimum absolute atomic E-state index is 0.0771. The summed E-state index contributed by atoms with van der Waals surface area (Å²) < 4.78 is 3.54. The van der Waals surface area contributed by atoms with Gasteiger partial charge in [0.05, 0.1) is 0 Å². The fraction of sp³-hybridized carbons (Fsp3) is 0.400. The van der Waals surface area contributed by atoms with Gasteiger partial charge in [-0.1, -0.05) is 0 Å². The third-order valence-electron chi connectivity index (χ3n) is 5.45. The second kappa shape index (κ2) is 5.77. The smallest absolute Gasteiger partial charge is 0.274 e. The number of amides is 1. The number of nitrogens with zero attached hydrogens (tertiary/aromatic N) is 5. The molecule has 0 N–H and O–H groups in total. The second-order valence-electron chi connectivity index (χ2n) is 7.62. The normalized spacial score (nSPS) is 16.6. The predicted octanol–water partition coefficient (Wildman–Crippen LogP) is 2.04. The molecule has 2 aliphatic rings. The fourth-order valence-corrected chi connectivity index (χ4v) is 3.91. The highest BCUT2D eigenvalue weighted by atomic mass is 16.2. The molecule has 0 atom stereocenters. The van der Waals surface area contributed by atoms with Gasteiger partial charge in [0, 0.05) is 48.8 Å². The van der Waals surface area contributed by atoms with Gasteiger partial charge in [-0.15, -0.1) is 0 Å². The van der Waals surface area contributed by atoms with Gasteiger partial charge in [0.25, 0.3) is 11.5 Å². The molecule has 1 aliphatic carbocycles. The number of carbonyl (C=O) groups is 1. The Morgan fingerprint density at radius 2 is 1.96 bits per heavy atom. The lowest BCUT2D eigenvalue weighted by molar-refractivity contribution is 0.0728. The SMILES string of the molecule is Cc1cc(C)n2nc(C(=O)N3CCc4cc(=O)n(C5CC5)cc4C3)cc2n1. The number of rotatable bonds is 2. The minimum atomic E-state index is -0.0904. The van der Waals surface area contributed by atoms with Crippen LogP contribution in [0.1, 0.15) is 51.9 Å². The van der Waals surface area contributed by atoms with Crippen molar-refractivity contribution in [3.63, 3.8) is 0 Å². The lowest BCUT2D eigenvalue weighted by Gasteiger charge is -2.28. The zero-order chi connectivity index (χ0) is 18.7. The van der Waals surface area contributed by atoms with Gasteiger partial charge in [0.1, 0.15) is 0 Å². The van der Waals surface area contributed by atoms with Crippen molar-refractivity contribution < 1.29 is 4.79 Å². The first kappa shape index (κ1) is 16.2. The molecule has 3 aromatic rings. The molecule has 1 aliphatic heterocycles. The van der Waals surface area contributed by atoms with Gasteiger partial charge < -0.3 is 9.47 Å². The van der Waals surface area contributed by atoms with Gasteiger partial charge in [0.15, 0.2) is 11.3 Å². The van der Waals surface area contributed by atoms with Crippen LogP contribution in [0.15, 0.2) is 29.2 Å². The van der Waals surface area contributed by atoms with Gasteiger partial charge in [-0.05, 0) is 50.3 Å². The molecule has 1 saturated carbocycles. The average molecular weight is 363 g/mol. The van der Waals surface area contributed by atoms with Crippen molar-refractivity contribution in [3.05, 3.63) is 63.0 Å². The molecule has 138 valence electrons. The summed E-state index contributed by atoms with van der Waals surface area (Å²) in [6.45, 7) is 5.00. The lowest BCUT2D eigenvalue weighted by Crippen LogP contribution is -2.37. The molecule has 1 fully saturated rings. The van der Waals surface area contributed by atoms with Crippen molar-refractivity contribution in [1.82, 2.24) is 24.1 Å². The third-order valence-corrected chi connectivity index (χ3v) is 5.45. The van der Waals surface area contributed by atoms with E-state index in [1.165, 1.54) is 0 Å². The number of fused-ring (bicyclic) bond motifs is 2. The van der Waals surface area contributed by atoms with Crippen LogP contribution in [0.25, 0.3) is 5.65 Å². The van der Waals surface area contributed by atoms with Gasteiger partial charge in [-0.2, -0.15) is 5.10 Å². The number of pyridine rings is 1. The van der Waals surface area contributed by atoms with E-state index in [-0.39, 0.29) is 11.5 Å². The van der Waals surface area contributed by atoms with Crippen LogP contribution in [0.2, 0.25) is 0 Å². The molecule has 0 saturated heterocycles. The van der Waals surface area contributed by atoms with Crippen LogP contribution in [0.3, 0.4) is 0 Å². The summed E-state index contributed by atoms with van der Waals surface area (Å²) in [5, 5.41) is 4.46. The maximum absolute atomic E-state index is 13.0. The molecule has 27 heavy (non-hydrogen) atoms. The Bertz CT molecular complexity index is 1140. The van der Waals surface area contributed by atoms with E-state index in [0.717, 1.165) is 35.4 Å². The topological polar surface area (TPSA) is 72.5 Å². The standard InChI is InChI=1S/C20H21N5O2/c1-12-7-13(2)25-18(21-12)9-17(22-25)20(27)23-6-5-14-8-19(26)24(16-3-4-16)11-15(14)10-23/h7-9,11,16H,3-6,10H2,1-2H3. The van der Waals surface area contributed by atoms with E-state index < -0.39 is 0 Å². The predicted molar refractivity (Wildman–Crippen MR) is 99.9 cm³/mol.